The van der Waals surface area contributed by atoms with Crippen molar-refractivity contribution in [2.75, 3.05) is 18.5 Å². The second-order valence-electron chi connectivity index (χ2n) is 8.80. The summed E-state index contributed by atoms with van der Waals surface area (Å²) in [7, 11) is 0. The van der Waals surface area contributed by atoms with E-state index >= 15 is 0 Å². The van der Waals surface area contributed by atoms with Gasteiger partial charge in [0.15, 0.2) is 5.82 Å². The number of pyridine rings is 2. The predicted octanol–water partition coefficient (Wildman–Crippen LogP) is 6.56. The first-order valence-electron chi connectivity index (χ1n) is 11.9. The fourth-order valence-corrected chi connectivity index (χ4v) is 4.16. The lowest BCUT2D eigenvalue weighted by Gasteiger charge is -2.22. The van der Waals surface area contributed by atoms with Crippen LogP contribution in [0.25, 0.3) is 22.2 Å². The summed E-state index contributed by atoms with van der Waals surface area (Å²) in [6.07, 6.45) is -5.59. The molecule has 13 heteroatoms. The molecule has 1 saturated heterocycles. The van der Waals surface area contributed by atoms with Gasteiger partial charge in [-0.3, -0.25) is 4.98 Å². The molecule has 0 spiro atoms. The Labute approximate surface area is 218 Å². The van der Waals surface area contributed by atoms with Crippen molar-refractivity contribution in [1.82, 2.24) is 19.9 Å². The Morgan fingerprint density at radius 1 is 0.923 bits per heavy atom. The van der Waals surface area contributed by atoms with E-state index in [2.05, 4.69) is 25.3 Å². The van der Waals surface area contributed by atoms with Crippen molar-refractivity contribution in [3.63, 3.8) is 0 Å². The van der Waals surface area contributed by atoms with Crippen LogP contribution in [0.15, 0.2) is 54.9 Å². The molecule has 0 amide bonds. The number of hydrogen-bond donors (Lipinski definition) is 1. The van der Waals surface area contributed by atoms with Gasteiger partial charge in [-0.1, -0.05) is 6.07 Å². The first-order chi connectivity index (χ1) is 18.6. The average Bonchev–Trinajstić information content (AvgIpc) is 2.91. The molecule has 0 saturated carbocycles. The molecule has 4 heterocycles. The Balaban J connectivity index is 1.53. The van der Waals surface area contributed by atoms with Crippen molar-refractivity contribution in [3.05, 3.63) is 71.9 Å². The molecule has 3 aromatic heterocycles. The Bertz CT molecular complexity index is 1450. The molecule has 1 fully saturated rings. The van der Waals surface area contributed by atoms with E-state index in [-0.39, 0.29) is 41.3 Å². The molecule has 0 radical (unpaired) electrons. The molecular formula is C26H21F6N5O2. The number of aromatic nitrogens is 4. The van der Waals surface area contributed by atoms with Gasteiger partial charge in [-0.25, -0.2) is 15.0 Å². The summed E-state index contributed by atoms with van der Waals surface area (Å²) in [6.45, 7) is 1.14. The van der Waals surface area contributed by atoms with E-state index < -0.39 is 23.6 Å². The largest absolute Gasteiger partial charge is 0.433 e. The number of rotatable bonds is 6. The third-order valence-corrected chi connectivity index (χ3v) is 6.06. The minimum atomic E-state index is -4.62. The number of ether oxygens (including phenoxy) is 2. The molecule has 5 rings (SSSR count). The fraction of sp³-hybridized carbons (Fsp3) is 0.308. The van der Waals surface area contributed by atoms with Crippen molar-refractivity contribution in [1.29, 1.82) is 0 Å². The van der Waals surface area contributed by atoms with E-state index in [0.29, 0.717) is 37.0 Å². The van der Waals surface area contributed by atoms with Crippen molar-refractivity contribution in [3.8, 4) is 11.3 Å². The van der Waals surface area contributed by atoms with E-state index in [1.54, 1.807) is 0 Å². The van der Waals surface area contributed by atoms with E-state index in [9.17, 15) is 26.3 Å². The predicted molar refractivity (Wildman–Crippen MR) is 129 cm³/mol. The van der Waals surface area contributed by atoms with Gasteiger partial charge in [0.2, 0.25) is 0 Å². The fourth-order valence-electron chi connectivity index (χ4n) is 4.16. The van der Waals surface area contributed by atoms with E-state index in [1.165, 1.54) is 36.5 Å². The Morgan fingerprint density at radius 2 is 1.72 bits per heavy atom. The first-order valence-corrected chi connectivity index (χ1v) is 11.9. The van der Waals surface area contributed by atoms with Gasteiger partial charge in [-0.05, 0) is 49.2 Å². The standard InChI is InChI=1S/C26H21F6N5O2/c27-25(28,29)19-2-1-9-33-23(19)15-3-5-18-20(12-15)36-22(14-39-17-7-10-38-11-8-17)37-24(18)35-16-4-6-21(34-13-16)26(30,31)32/h1-6,9,12-13,17H,7-8,10-11,14H2,(H,35,36,37). The molecule has 1 aromatic carbocycles. The zero-order chi connectivity index (χ0) is 27.6. The summed E-state index contributed by atoms with van der Waals surface area (Å²) in [6, 6.07) is 8.65. The van der Waals surface area contributed by atoms with Crippen LogP contribution in [-0.4, -0.2) is 39.3 Å². The van der Waals surface area contributed by atoms with Gasteiger partial charge in [0.1, 0.15) is 18.1 Å². The molecule has 4 aromatic rings. The van der Waals surface area contributed by atoms with Gasteiger partial charge in [0.05, 0.1) is 34.8 Å². The number of nitrogens with zero attached hydrogens (tertiary/aromatic N) is 4. The highest BCUT2D eigenvalue weighted by Gasteiger charge is 2.34. The van der Waals surface area contributed by atoms with Gasteiger partial charge in [-0.15, -0.1) is 0 Å². The Hall–Kier alpha value is -3.84. The lowest BCUT2D eigenvalue weighted by atomic mass is 10.0. The number of nitrogens with one attached hydrogen (secondary N) is 1. The molecule has 0 bridgehead atoms. The maximum absolute atomic E-state index is 13.6. The van der Waals surface area contributed by atoms with E-state index in [4.69, 9.17) is 9.47 Å². The van der Waals surface area contributed by atoms with Crippen molar-refractivity contribution in [2.24, 2.45) is 0 Å². The molecule has 1 aliphatic rings. The average molecular weight is 549 g/mol. The van der Waals surface area contributed by atoms with Crippen LogP contribution in [-0.2, 0) is 28.4 Å². The van der Waals surface area contributed by atoms with Crippen molar-refractivity contribution in [2.45, 2.75) is 37.9 Å². The van der Waals surface area contributed by atoms with E-state index in [0.717, 1.165) is 18.3 Å². The topological polar surface area (TPSA) is 82.1 Å². The highest BCUT2D eigenvalue weighted by atomic mass is 19.4. The third kappa shape index (κ3) is 6.25. The lowest BCUT2D eigenvalue weighted by molar-refractivity contribution is -0.141. The van der Waals surface area contributed by atoms with Gasteiger partial charge in [0.25, 0.3) is 0 Å². The van der Waals surface area contributed by atoms with Crippen LogP contribution in [0, 0.1) is 0 Å². The number of benzene rings is 1. The molecule has 0 aliphatic carbocycles. The summed E-state index contributed by atoms with van der Waals surface area (Å²) < 4.78 is 90.9. The molecule has 204 valence electrons. The molecule has 1 N–H and O–H groups in total. The van der Waals surface area contributed by atoms with E-state index in [1.807, 2.05) is 0 Å². The van der Waals surface area contributed by atoms with Crippen LogP contribution in [0.5, 0.6) is 0 Å². The first kappa shape index (κ1) is 26.8. The van der Waals surface area contributed by atoms with Crippen LogP contribution in [0.2, 0.25) is 0 Å². The number of halogens is 6. The van der Waals surface area contributed by atoms with Crippen molar-refractivity contribution >= 4 is 22.4 Å². The highest BCUT2D eigenvalue weighted by Crippen LogP contribution is 2.37. The number of anilines is 2. The zero-order valence-electron chi connectivity index (χ0n) is 20.2. The summed E-state index contributed by atoms with van der Waals surface area (Å²) >= 11 is 0. The van der Waals surface area contributed by atoms with Crippen LogP contribution < -0.4 is 5.32 Å². The molecule has 0 atom stereocenters. The number of hydrogen-bond acceptors (Lipinski definition) is 7. The van der Waals surface area contributed by atoms with Crippen LogP contribution in [0.1, 0.15) is 29.9 Å². The smallest absolute Gasteiger partial charge is 0.381 e. The van der Waals surface area contributed by atoms with Crippen LogP contribution in [0.3, 0.4) is 0 Å². The highest BCUT2D eigenvalue weighted by molar-refractivity contribution is 5.93. The summed E-state index contributed by atoms with van der Waals surface area (Å²) in [4.78, 5) is 16.4. The lowest BCUT2D eigenvalue weighted by Crippen LogP contribution is -2.23. The van der Waals surface area contributed by atoms with Gasteiger partial charge in [-0.2, -0.15) is 26.3 Å². The second kappa shape index (κ2) is 10.7. The zero-order valence-corrected chi connectivity index (χ0v) is 20.2. The molecule has 7 nitrogen and oxygen atoms in total. The molecule has 1 aliphatic heterocycles. The third-order valence-electron chi connectivity index (χ3n) is 6.06. The van der Waals surface area contributed by atoms with Gasteiger partial charge in [0, 0.05) is 30.4 Å². The van der Waals surface area contributed by atoms with Crippen molar-refractivity contribution < 1.29 is 35.8 Å². The number of alkyl halides is 6. The van der Waals surface area contributed by atoms with Gasteiger partial charge < -0.3 is 14.8 Å². The number of fused-ring (bicyclic) bond motifs is 1. The monoisotopic (exact) mass is 549 g/mol. The molecule has 0 unspecified atom stereocenters. The summed E-state index contributed by atoms with van der Waals surface area (Å²) in [5.74, 6) is 0.473. The van der Waals surface area contributed by atoms with Crippen LogP contribution >= 0.6 is 0 Å². The van der Waals surface area contributed by atoms with Crippen LogP contribution in [0.4, 0.5) is 37.8 Å². The summed E-state index contributed by atoms with van der Waals surface area (Å²) in [5, 5.41) is 3.38. The maximum atomic E-state index is 13.6. The SMILES string of the molecule is FC(F)(F)c1ccc(Nc2nc(COC3CCOCC3)nc3cc(-c4ncccc4C(F)(F)F)ccc23)cn1. The Kier molecular flexibility index (Phi) is 7.36. The second-order valence-corrected chi connectivity index (χ2v) is 8.80. The summed E-state index contributed by atoms with van der Waals surface area (Å²) in [5.41, 5.74) is -1.48. The minimum Gasteiger partial charge on any atom is -0.381 e. The molecular weight excluding hydrogens is 528 g/mol. The minimum absolute atomic E-state index is 0.0160. The normalized spacial score (nSPS) is 15.0. The molecule has 39 heavy (non-hydrogen) atoms. The quantitative estimate of drug-likeness (QED) is 0.273. The maximum Gasteiger partial charge on any atom is 0.433 e. The van der Waals surface area contributed by atoms with Gasteiger partial charge >= 0.3 is 12.4 Å². The Morgan fingerprint density at radius 3 is 2.41 bits per heavy atom.